The second-order valence-electron chi connectivity index (χ2n) is 6.21. The number of aromatic amines is 2. The minimum Gasteiger partial charge on any atom is -0.307 e. The van der Waals surface area contributed by atoms with E-state index in [-0.39, 0.29) is 28.9 Å². The van der Waals surface area contributed by atoms with E-state index in [1.54, 1.807) is 0 Å². The Bertz CT molecular complexity index is 1170. The normalized spacial score (nSPS) is 19.7. The Hall–Kier alpha value is -2.02. The molecule has 0 saturated carbocycles. The number of aromatic nitrogens is 2. The van der Waals surface area contributed by atoms with E-state index in [1.165, 1.54) is 22.5 Å². The molecule has 1 aromatic heterocycles. The fourth-order valence-electron chi connectivity index (χ4n) is 3.01. The number of H-pyrrole nitrogens is 2. The van der Waals surface area contributed by atoms with Gasteiger partial charge in [-0.25, -0.2) is 26.4 Å². The van der Waals surface area contributed by atoms with E-state index >= 15 is 0 Å². The molecule has 142 valence electrons. The predicted octanol–water partition coefficient (Wildman–Crippen LogP) is -1.08. The molecule has 0 radical (unpaired) electrons. The predicted molar refractivity (Wildman–Crippen MR) is 94.9 cm³/mol. The van der Waals surface area contributed by atoms with Crippen molar-refractivity contribution in [2.24, 2.45) is 0 Å². The molecule has 1 fully saturated rings. The highest BCUT2D eigenvalue weighted by atomic mass is 32.2. The summed E-state index contributed by atoms with van der Waals surface area (Å²) in [6.07, 6.45) is 2.07. The van der Waals surface area contributed by atoms with Gasteiger partial charge in [-0.1, -0.05) is 0 Å². The third kappa shape index (κ3) is 3.87. The maximum Gasteiger partial charge on any atom is 0.326 e. The molecule has 3 rings (SSSR count). The van der Waals surface area contributed by atoms with E-state index in [9.17, 15) is 26.4 Å². The number of hydrogen-bond donors (Lipinski definition) is 3. The van der Waals surface area contributed by atoms with Crippen molar-refractivity contribution >= 4 is 30.9 Å². The van der Waals surface area contributed by atoms with Crippen LogP contribution < -0.4 is 16.0 Å². The zero-order chi connectivity index (χ0) is 19.1. The van der Waals surface area contributed by atoms with E-state index in [4.69, 9.17) is 0 Å². The molecule has 0 amide bonds. The number of nitrogens with zero attached hydrogens (tertiary/aromatic N) is 1. The van der Waals surface area contributed by atoms with Crippen LogP contribution in [0.5, 0.6) is 0 Å². The Kier molecular flexibility index (Phi) is 4.77. The van der Waals surface area contributed by atoms with E-state index in [1.807, 2.05) is 0 Å². The van der Waals surface area contributed by atoms with Crippen molar-refractivity contribution in [1.82, 2.24) is 19.0 Å². The van der Waals surface area contributed by atoms with Gasteiger partial charge in [-0.15, -0.1) is 0 Å². The number of piperidine rings is 1. The van der Waals surface area contributed by atoms with Crippen LogP contribution in [-0.2, 0) is 20.0 Å². The molecule has 3 N–H and O–H groups in total. The number of hydrogen-bond acceptors (Lipinski definition) is 6. The van der Waals surface area contributed by atoms with Crippen LogP contribution in [0.4, 0.5) is 0 Å². The molecule has 1 aromatic carbocycles. The van der Waals surface area contributed by atoms with Crippen LogP contribution in [0.15, 0.2) is 32.7 Å². The molecule has 1 aliphatic rings. The first-order valence-electron chi connectivity index (χ1n) is 7.80. The highest BCUT2D eigenvalue weighted by molar-refractivity contribution is 7.89. The van der Waals surface area contributed by atoms with Crippen LogP contribution >= 0.6 is 0 Å². The average Bonchev–Trinajstić information content (AvgIpc) is 2.53. The number of rotatable bonds is 4. The summed E-state index contributed by atoms with van der Waals surface area (Å²) in [5.74, 6) is 0. The van der Waals surface area contributed by atoms with Crippen molar-refractivity contribution in [3.8, 4) is 0 Å². The van der Waals surface area contributed by atoms with Crippen LogP contribution in [-0.4, -0.2) is 56.5 Å². The van der Waals surface area contributed by atoms with Gasteiger partial charge in [-0.05, 0) is 31.0 Å². The Morgan fingerprint density at radius 3 is 2.58 bits per heavy atom. The fraction of sp³-hybridized carbons (Fsp3) is 0.429. The van der Waals surface area contributed by atoms with Crippen molar-refractivity contribution in [2.75, 3.05) is 19.3 Å². The summed E-state index contributed by atoms with van der Waals surface area (Å²) < 4.78 is 52.2. The molecule has 2 heterocycles. The summed E-state index contributed by atoms with van der Waals surface area (Å²) >= 11 is 0. The largest absolute Gasteiger partial charge is 0.326 e. The van der Waals surface area contributed by atoms with Gasteiger partial charge in [-0.2, -0.15) is 4.31 Å². The van der Waals surface area contributed by atoms with Gasteiger partial charge in [-0.3, -0.25) is 9.78 Å². The lowest BCUT2D eigenvalue weighted by atomic mass is 10.1. The fourth-order valence-corrected chi connectivity index (χ4v) is 5.36. The zero-order valence-corrected chi connectivity index (χ0v) is 15.5. The van der Waals surface area contributed by atoms with Crippen molar-refractivity contribution in [3.63, 3.8) is 0 Å². The highest BCUT2D eigenvalue weighted by Gasteiger charge is 2.31. The maximum atomic E-state index is 12.9. The number of benzene rings is 1. The van der Waals surface area contributed by atoms with E-state index in [0.29, 0.717) is 12.8 Å². The second-order valence-corrected chi connectivity index (χ2v) is 9.93. The third-order valence-corrected chi connectivity index (χ3v) is 6.74. The van der Waals surface area contributed by atoms with Gasteiger partial charge in [0.25, 0.3) is 5.56 Å². The summed E-state index contributed by atoms with van der Waals surface area (Å²) in [6.45, 7) is 0.264. The Labute approximate surface area is 149 Å². The van der Waals surface area contributed by atoms with Crippen LogP contribution in [0.2, 0.25) is 0 Å². The summed E-state index contributed by atoms with van der Waals surface area (Å²) in [6, 6.07) is 3.36. The summed E-state index contributed by atoms with van der Waals surface area (Å²) in [5, 5.41) is 0.0495. The molecular weight excluding hydrogens is 384 g/mol. The SMILES string of the molecule is CS(=O)(=O)NC1CCCN(S(=O)(=O)c2ccc3[nH]c(=O)[nH]c(=O)c3c2)C1. The molecule has 12 heteroatoms. The highest BCUT2D eigenvalue weighted by Crippen LogP contribution is 2.22. The summed E-state index contributed by atoms with van der Waals surface area (Å²) in [4.78, 5) is 27.6. The molecule has 10 nitrogen and oxygen atoms in total. The summed E-state index contributed by atoms with van der Waals surface area (Å²) in [7, 11) is -7.36. The molecule has 2 aromatic rings. The lowest BCUT2D eigenvalue weighted by Gasteiger charge is -2.31. The molecule has 0 spiro atoms. The number of fused-ring (bicyclic) bond motifs is 1. The maximum absolute atomic E-state index is 12.9. The number of nitrogens with one attached hydrogen (secondary N) is 3. The summed E-state index contributed by atoms with van der Waals surface area (Å²) in [5.41, 5.74) is -1.13. The minimum atomic E-state index is -3.92. The van der Waals surface area contributed by atoms with Gasteiger partial charge in [0.1, 0.15) is 0 Å². The lowest BCUT2D eigenvalue weighted by molar-refractivity contribution is 0.303. The van der Waals surface area contributed by atoms with Crippen LogP contribution in [0.1, 0.15) is 12.8 Å². The topological polar surface area (TPSA) is 149 Å². The molecule has 1 unspecified atom stereocenters. The van der Waals surface area contributed by atoms with Crippen molar-refractivity contribution in [2.45, 2.75) is 23.8 Å². The van der Waals surface area contributed by atoms with E-state index in [2.05, 4.69) is 14.7 Å². The molecule has 1 saturated heterocycles. The van der Waals surface area contributed by atoms with Crippen LogP contribution in [0, 0.1) is 0 Å². The van der Waals surface area contributed by atoms with Gasteiger partial charge >= 0.3 is 5.69 Å². The van der Waals surface area contributed by atoms with Gasteiger partial charge < -0.3 is 4.98 Å². The first-order chi connectivity index (χ1) is 12.1. The Balaban J connectivity index is 1.96. The molecule has 0 aliphatic carbocycles. The van der Waals surface area contributed by atoms with Gasteiger partial charge in [0.2, 0.25) is 20.0 Å². The quantitative estimate of drug-likeness (QED) is 0.592. The van der Waals surface area contributed by atoms with Gasteiger partial charge in [0, 0.05) is 19.1 Å². The Morgan fingerprint density at radius 1 is 1.15 bits per heavy atom. The molecule has 0 bridgehead atoms. The van der Waals surface area contributed by atoms with Crippen molar-refractivity contribution in [1.29, 1.82) is 0 Å². The number of sulfonamides is 2. The average molecular weight is 402 g/mol. The standard InChI is InChI=1S/C14H18N4O6S2/c1-25(21,22)17-9-3-2-6-18(8-9)26(23,24)10-4-5-12-11(7-10)13(19)16-14(20)15-12/h4-5,7,9,17H,2-3,6,8H2,1H3,(H2,15,16,19,20). The molecular formula is C14H18N4O6S2. The molecule has 1 atom stereocenters. The monoisotopic (exact) mass is 402 g/mol. The Morgan fingerprint density at radius 2 is 1.88 bits per heavy atom. The van der Waals surface area contributed by atoms with Crippen LogP contribution in [0.3, 0.4) is 0 Å². The van der Waals surface area contributed by atoms with Crippen molar-refractivity contribution < 1.29 is 16.8 Å². The van der Waals surface area contributed by atoms with Gasteiger partial charge in [0.15, 0.2) is 0 Å². The van der Waals surface area contributed by atoms with Crippen molar-refractivity contribution in [3.05, 3.63) is 39.0 Å². The van der Waals surface area contributed by atoms with E-state index < -0.39 is 37.3 Å². The molecule has 1 aliphatic heterocycles. The van der Waals surface area contributed by atoms with Gasteiger partial charge in [0.05, 0.1) is 22.1 Å². The third-order valence-electron chi connectivity index (χ3n) is 4.11. The first-order valence-corrected chi connectivity index (χ1v) is 11.1. The smallest absolute Gasteiger partial charge is 0.307 e. The van der Waals surface area contributed by atoms with Crippen LogP contribution in [0.25, 0.3) is 10.9 Å². The lowest BCUT2D eigenvalue weighted by Crippen LogP contribution is -2.49. The zero-order valence-electron chi connectivity index (χ0n) is 13.9. The molecule has 26 heavy (non-hydrogen) atoms. The second kappa shape index (κ2) is 6.61. The minimum absolute atomic E-state index is 0.00935. The van der Waals surface area contributed by atoms with E-state index in [0.717, 1.165) is 6.26 Å². The first kappa shape index (κ1) is 18.8.